The molecule has 0 saturated heterocycles. The Morgan fingerprint density at radius 3 is 2.56 bits per heavy atom. The summed E-state index contributed by atoms with van der Waals surface area (Å²) in [7, 11) is -2.78. The number of nitrogens with zero attached hydrogens (tertiary/aromatic N) is 3. The summed E-state index contributed by atoms with van der Waals surface area (Å²) >= 11 is 0. The first kappa shape index (κ1) is 25.6. The van der Waals surface area contributed by atoms with Gasteiger partial charge in [0.2, 0.25) is 5.95 Å². The zero-order valence-corrected chi connectivity index (χ0v) is 21.7. The van der Waals surface area contributed by atoms with Gasteiger partial charge in [-0.15, -0.1) is 0 Å². The van der Waals surface area contributed by atoms with Crippen molar-refractivity contribution in [3.05, 3.63) is 77.7 Å². The third-order valence-corrected chi connectivity index (χ3v) is 7.21. The summed E-state index contributed by atoms with van der Waals surface area (Å²) in [6.07, 6.45) is 3.84. The van der Waals surface area contributed by atoms with Crippen molar-refractivity contribution >= 4 is 38.2 Å². The lowest BCUT2D eigenvalue weighted by Crippen LogP contribution is -2.15. The average molecular weight is 506 g/mol. The maximum Gasteiger partial charge on any atom is 0.223 e. The van der Waals surface area contributed by atoms with E-state index in [1.165, 1.54) is 6.07 Å². The van der Waals surface area contributed by atoms with Crippen LogP contribution in [0.15, 0.2) is 60.8 Å². The molecule has 0 aliphatic rings. The van der Waals surface area contributed by atoms with Crippen LogP contribution in [0.1, 0.15) is 50.7 Å². The summed E-state index contributed by atoms with van der Waals surface area (Å²) in [6.45, 7) is 7.14. The van der Waals surface area contributed by atoms with Gasteiger partial charge in [-0.2, -0.15) is 0 Å². The first-order valence-electron chi connectivity index (χ1n) is 12.1. The lowest BCUT2D eigenvalue weighted by molar-refractivity contribution is 0.632. The highest BCUT2D eigenvalue weighted by Gasteiger charge is 2.15. The molecule has 2 aromatic carbocycles. The Hall–Kier alpha value is -3.52. The average Bonchev–Trinajstić information content (AvgIpc) is 2.85. The van der Waals surface area contributed by atoms with Gasteiger partial charge in [0.05, 0.1) is 28.8 Å². The highest BCUT2D eigenvalue weighted by Crippen LogP contribution is 2.30. The Bertz CT molecular complexity index is 1460. The number of nitrogens with one attached hydrogen (secondary N) is 2. The van der Waals surface area contributed by atoms with E-state index in [0.29, 0.717) is 22.7 Å². The molecular weight excluding hydrogens is 473 g/mol. The SMILES string of the molecule is C=S(=O)(Cc1ccccc1)Nc1ccc(-c2cc(C(C)C)c3nc(NCCCC)ncc3n2)cc1F. The smallest absolute Gasteiger partial charge is 0.223 e. The number of fused-ring (bicyclic) bond motifs is 1. The highest BCUT2D eigenvalue weighted by atomic mass is 32.2. The Morgan fingerprint density at radius 2 is 1.86 bits per heavy atom. The second-order valence-corrected chi connectivity index (χ2v) is 11.3. The van der Waals surface area contributed by atoms with E-state index in [0.717, 1.165) is 36.0 Å². The van der Waals surface area contributed by atoms with E-state index in [4.69, 9.17) is 9.97 Å². The summed E-state index contributed by atoms with van der Waals surface area (Å²) in [5, 5.41) is 3.26. The van der Waals surface area contributed by atoms with Crippen LogP contribution in [0.2, 0.25) is 0 Å². The van der Waals surface area contributed by atoms with Crippen LogP contribution in [0, 0.1) is 5.82 Å². The van der Waals surface area contributed by atoms with Crippen molar-refractivity contribution in [3.8, 4) is 11.3 Å². The fourth-order valence-corrected chi connectivity index (χ4v) is 5.30. The third kappa shape index (κ3) is 6.18. The van der Waals surface area contributed by atoms with Crippen LogP contribution in [0.4, 0.5) is 16.0 Å². The van der Waals surface area contributed by atoms with Crippen molar-refractivity contribution in [1.29, 1.82) is 0 Å². The topological polar surface area (TPSA) is 79.8 Å². The molecule has 8 heteroatoms. The van der Waals surface area contributed by atoms with Gasteiger partial charge >= 0.3 is 0 Å². The Labute approximate surface area is 212 Å². The molecule has 0 fully saturated rings. The fourth-order valence-electron chi connectivity index (χ4n) is 3.93. The van der Waals surface area contributed by atoms with Gasteiger partial charge < -0.3 is 10.0 Å². The second kappa shape index (κ2) is 11.0. The van der Waals surface area contributed by atoms with E-state index in [1.807, 2.05) is 36.4 Å². The second-order valence-electron chi connectivity index (χ2n) is 9.20. The van der Waals surface area contributed by atoms with Gasteiger partial charge in [0, 0.05) is 21.8 Å². The Kier molecular flexibility index (Phi) is 7.84. The van der Waals surface area contributed by atoms with E-state index < -0.39 is 15.5 Å². The van der Waals surface area contributed by atoms with Crippen LogP contribution in [0.3, 0.4) is 0 Å². The maximum absolute atomic E-state index is 15.1. The molecule has 36 heavy (non-hydrogen) atoms. The number of unbranched alkanes of at least 4 members (excludes halogenated alkanes) is 1. The van der Waals surface area contributed by atoms with Crippen molar-refractivity contribution in [2.45, 2.75) is 45.3 Å². The van der Waals surface area contributed by atoms with Gasteiger partial charge in [0.15, 0.2) is 0 Å². The predicted octanol–water partition coefficient (Wildman–Crippen LogP) is 6.41. The van der Waals surface area contributed by atoms with Gasteiger partial charge in [-0.25, -0.2) is 23.6 Å². The molecule has 2 heterocycles. The van der Waals surface area contributed by atoms with Gasteiger partial charge in [-0.05, 0) is 47.5 Å². The van der Waals surface area contributed by atoms with Gasteiger partial charge in [-0.3, -0.25) is 0 Å². The standard InChI is InChI=1S/C28H32FN5OS/c1-5-6-14-30-28-31-17-26-27(33-28)22(19(2)3)16-25(32-26)21-12-13-24(23(29)15-21)34-36(4,35)18-20-10-8-7-9-11-20/h7-13,15-17,19H,4-6,14,18H2,1-3H3,(H,34,35)(H,30,31,33). The lowest BCUT2D eigenvalue weighted by Gasteiger charge is -2.15. The summed E-state index contributed by atoms with van der Waals surface area (Å²) in [5.41, 5.74) is 4.72. The normalized spacial score (nSPS) is 13.0. The number of rotatable bonds is 10. The zero-order chi connectivity index (χ0) is 25.7. The highest BCUT2D eigenvalue weighted by molar-refractivity contribution is 8.00. The van der Waals surface area contributed by atoms with E-state index in [-0.39, 0.29) is 17.4 Å². The number of aromatic nitrogens is 3. The van der Waals surface area contributed by atoms with E-state index in [9.17, 15) is 4.21 Å². The van der Waals surface area contributed by atoms with Crippen LogP contribution in [0.25, 0.3) is 22.3 Å². The minimum atomic E-state index is -2.78. The molecule has 1 unspecified atom stereocenters. The zero-order valence-electron chi connectivity index (χ0n) is 20.9. The molecule has 1 atom stereocenters. The van der Waals surface area contributed by atoms with Gasteiger partial charge in [-0.1, -0.05) is 63.6 Å². The molecule has 0 spiro atoms. The molecule has 2 aromatic heterocycles. The molecule has 0 saturated carbocycles. The number of halogens is 1. The Morgan fingerprint density at radius 1 is 1.08 bits per heavy atom. The maximum atomic E-state index is 15.1. The van der Waals surface area contributed by atoms with Crippen LogP contribution in [-0.2, 0) is 15.5 Å². The van der Waals surface area contributed by atoms with Crippen molar-refractivity contribution in [2.24, 2.45) is 0 Å². The molecular formula is C28H32FN5OS. The molecule has 6 nitrogen and oxygen atoms in total. The summed E-state index contributed by atoms with van der Waals surface area (Å²) in [5.74, 6) is 4.25. The van der Waals surface area contributed by atoms with Crippen LogP contribution in [0.5, 0.6) is 0 Å². The monoisotopic (exact) mass is 505 g/mol. The van der Waals surface area contributed by atoms with E-state index >= 15 is 4.39 Å². The lowest BCUT2D eigenvalue weighted by atomic mass is 9.99. The van der Waals surface area contributed by atoms with Gasteiger partial charge in [0.1, 0.15) is 11.3 Å². The minimum Gasteiger partial charge on any atom is -0.354 e. The molecule has 0 radical (unpaired) electrons. The molecule has 4 aromatic rings. The fraction of sp³-hybridized carbons (Fsp3) is 0.286. The molecule has 2 N–H and O–H groups in total. The molecule has 0 amide bonds. The molecule has 0 aliphatic carbocycles. The summed E-state index contributed by atoms with van der Waals surface area (Å²) in [6, 6.07) is 16.1. The molecule has 4 rings (SSSR count). The van der Waals surface area contributed by atoms with Crippen molar-refractivity contribution in [2.75, 3.05) is 16.6 Å². The molecule has 0 aliphatic heterocycles. The summed E-state index contributed by atoms with van der Waals surface area (Å²) in [4.78, 5) is 13.8. The number of pyridine rings is 1. The third-order valence-electron chi connectivity index (χ3n) is 5.81. The minimum absolute atomic E-state index is 0.144. The first-order chi connectivity index (χ1) is 17.3. The van der Waals surface area contributed by atoms with E-state index in [1.54, 1.807) is 18.3 Å². The molecule has 0 bridgehead atoms. The predicted molar refractivity (Wildman–Crippen MR) is 149 cm³/mol. The number of benzene rings is 2. The first-order valence-corrected chi connectivity index (χ1v) is 14.0. The van der Waals surface area contributed by atoms with Crippen molar-refractivity contribution in [3.63, 3.8) is 0 Å². The van der Waals surface area contributed by atoms with E-state index in [2.05, 4.69) is 41.7 Å². The van der Waals surface area contributed by atoms with Crippen LogP contribution >= 0.6 is 0 Å². The van der Waals surface area contributed by atoms with Crippen LogP contribution in [-0.4, -0.2) is 31.6 Å². The Balaban J connectivity index is 1.62. The number of hydrogen-bond acceptors (Lipinski definition) is 5. The largest absolute Gasteiger partial charge is 0.354 e. The van der Waals surface area contributed by atoms with Crippen molar-refractivity contribution in [1.82, 2.24) is 15.0 Å². The number of hydrogen-bond donors (Lipinski definition) is 2. The molecule has 188 valence electrons. The van der Waals surface area contributed by atoms with Crippen molar-refractivity contribution < 1.29 is 8.60 Å². The number of anilines is 2. The van der Waals surface area contributed by atoms with Gasteiger partial charge in [0.25, 0.3) is 0 Å². The van der Waals surface area contributed by atoms with Crippen LogP contribution < -0.4 is 10.0 Å². The quantitative estimate of drug-likeness (QED) is 0.192. The summed E-state index contributed by atoms with van der Waals surface area (Å²) < 4.78 is 30.9.